The van der Waals surface area contributed by atoms with Gasteiger partial charge in [0.2, 0.25) is 0 Å². The Morgan fingerprint density at radius 1 is 1.42 bits per heavy atom. The minimum Gasteiger partial charge on any atom is -0.393 e. The SMILES string of the molecule is CC(O)CCNC(=O)NCc1cccc(N(C)C)n1. The third-order valence-corrected chi connectivity index (χ3v) is 2.53. The third kappa shape index (κ3) is 6.05. The minimum atomic E-state index is -0.404. The van der Waals surface area contributed by atoms with Crippen molar-refractivity contribution in [2.75, 3.05) is 25.5 Å². The van der Waals surface area contributed by atoms with Crippen molar-refractivity contribution >= 4 is 11.8 Å². The fourth-order valence-electron chi connectivity index (χ4n) is 1.44. The molecule has 106 valence electrons. The Balaban J connectivity index is 2.35. The molecule has 1 atom stereocenters. The number of aliphatic hydroxyl groups is 1. The van der Waals surface area contributed by atoms with Crippen molar-refractivity contribution < 1.29 is 9.90 Å². The van der Waals surface area contributed by atoms with Crippen molar-refractivity contribution in [2.24, 2.45) is 0 Å². The van der Waals surface area contributed by atoms with Gasteiger partial charge in [-0.05, 0) is 25.5 Å². The second kappa shape index (κ2) is 7.58. The minimum absolute atomic E-state index is 0.252. The number of rotatable bonds is 6. The van der Waals surface area contributed by atoms with E-state index in [0.717, 1.165) is 11.5 Å². The van der Waals surface area contributed by atoms with Gasteiger partial charge in [-0.1, -0.05) is 6.07 Å². The quantitative estimate of drug-likeness (QED) is 0.709. The summed E-state index contributed by atoms with van der Waals surface area (Å²) in [6.07, 6.45) is 0.139. The lowest BCUT2D eigenvalue weighted by molar-refractivity contribution is 0.183. The molecule has 1 heterocycles. The molecule has 6 nitrogen and oxygen atoms in total. The Labute approximate surface area is 113 Å². The zero-order valence-electron chi connectivity index (χ0n) is 11.7. The smallest absolute Gasteiger partial charge is 0.315 e. The predicted molar refractivity (Wildman–Crippen MR) is 75.1 cm³/mol. The Bertz CT molecular complexity index is 407. The molecule has 0 aromatic carbocycles. The maximum absolute atomic E-state index is 11.5. The molecular weight excluding hydrogens is 244 g/mol. The van der Waals surface area contributed by atoms with E-state index in [1.54, 1.807) is 6.92 Å². The second-order valence-electron chi connectivity index (χ2n) is 4.63. The van der Waals surface area contributed by atoms with Gasteiger partial charge >= 0.3 is 6.03 Å². The largest absolute Gasteiger partial charge is 0.393 e. The van der Waals surface area contributed by atoms with Crippen LogP contribution in [0.2, 0.25) is 0 Å². The monoisotopic (exact) mass is 266 g/mol. The van der Waals surface area contributed by atoms with Crippen LogP contribution < -0.4 is 15.5 Å². The van der Waals surface area contributed by atoms with Crippen molar-refractivity contribution in [1.29, 1.82) is 0 Å². The maximum atomic E-state index is 11.5. The zero-order valence-corrected chi connectivity index (χ0v) is 11.7. The molecule has 0 saturated carbocycles. The Morgan fingerprint density at radius 3 is 2.79 bits per heavy atom. The van der Waals surface area contributed by atoms with E-state index in [9.17, 15) is 4.79 Å². The normalized spacial score (nSPS) is 11.8. The number of aliphatic hydroxyl groups excluding tert-OH is 1. The number of pyridine rings is 1. The molecule has 1 unspecified atom stereocenters. The van der Waals surface area contributed by atoms with Crippen LogP contribution >= 0.6 is 0 Å². The van der Waals surface area contributed by atoms with E-state index in [0.29, 0.717) is 19.5 Å². The first-order chi connectivity index (χ1) is 8.99. The number of amides is 2. The van der Waals surface area contributed by atoms with Crippen LogP contribution in [0.4, 0.5) is 10.6 Å². The number of hydrogen-bond donors (Lipinski definition) is 3. The molecule has 3 N–H and O–H groups in total. The van der Waals surface area contributed by atoms with Gasteiger partial charge in [-0.2, -0.15) is 0 Å². The summed E-state index contributed by atoms with van der Waals surface area (Å²) in [5.74, 6) is 0.855. The molecule has 1 aromatic heterocycles. The molecule has 0 aliphatic heterocycles. The van der Waals surface area contributed by atoms with Gasteiger partial charge < -0.3 is 20.6 Å². The summed E-state index contributed by atoms with van der Waals surface area (Å²) < 4.78 is 0. The van der Waals surface area contributed by atoms with Gasteiger partial charge in [-0.3, -0.25) is 0 Å². The number of aromatic nitrogens is 1. The van der Waals surface area contributed by atoms with Gasteiger partial charge in [-0.25, -0.2) is 9.78 Å². The van der Waals surface area contributed by atoms with Crippen molar-refractivity contribution in [2.45, 2.75) is 26.0 Å². The van der Waals surface area contributed by atoms with Crippen LogP contribution in [0.25, 0.3) is 0 Å². The molecule has 19 heavy (non-hydrogen) atoms. The first-order valence-corrected chi connectivity index (χ1v) is 6.32. The summed E-state index contributed by atoms with van der Waals surface area (Å²) in [6.45, 7) is 2.52. The van der Waals surface area contributed by atoms with Gasteiger partial charge in [0, 0.05) is 20.6 Å². The van der Waals surface area contributed by atoms with Crippen molar-refractivity contribution in [3.05, 3.63) is 23.9 Å². The average molecular weight is 266 g/mol. The summed E-state index contributed by atoms with van der Waals surface area (Å²) in [7, 11) is 3.84. The number of carbonyl (C=O) groups is 1. The summed E-state index contributed by atoms with van der Waals surface area (Å²) >= 11 is 0. The summed E-state index contributed by atoms with van der Waals surface area (Å²) in [4.78, 5) is 17.8. The first-order valence-electron chi connectivity index (χ1n) is 6.32. The maximum Gasteiger partial charge on any atom is 0.315 e. The van der Waals surface area contributed by atoms with Crippen molar-refractivity contribution in [1.82, 2.24) is 15.6 Å². The molecule has 0 bridgehead atoms. The average Bonchev–Trinajstić information content (AvgIpc) is 2.36. The molecule has 0 fully saturated rings. The molecule has 2 amide bonds. The van der Waals surface area contributed by atoms with E-state index in [-0.39, 0.29) is 6.03 Å². The van der Waals surface area contributed by atoms with Crippen LogP contribution in [0, 0.1) is 0 Å². The highest BCUT2D eigenvalue weighted by Gasteiger charge is 2.03. The van der Waals surface area contributed by atoms with E-state index < -0.39 is 6.10 Å². The molecule has 1 aromatic rings. The zero-order chi connectivity index (χ0) is 14.3. The summed E-state index contributed by atoms with van der Waals surface area (Å²) in [5, 5.41) is 14.5. The number of carbonyl (C=O) groups excluding carboxylic acids is 1. The predicted octanol–water partition coefficient (Wildman–Crippen LogP) is 0.718. The first kappa shape index (κ1) is 15.2. The van der Waals surface area contributed by atoms with Crippen molar-refractivity contribution in [3.8, 4) is 0 Å². The van der Waals surface area contributed by atoms with Crippen LogP contribution in [-0.4, -0.2) is 42.9 Å². The number of nitrogens with one attached hydrogen (secondary N) is 2. The Hall–Kier alpha value is -1.82. The van der Waals surface area contributed by atoms with E-state index in [4.69, 9.17) is 5.11 Å². The van der Waals surface area contributed by atoms with Gasteiger partial charge in [0.25, 0.3) is 0 Å². The number of nitrogens with zero attached hydrogens (tertiary/aromatic N) is 2. The lowest BCUT2D eigenvalue weighted by atomic mass is 10.3. The van der Waals surface area contributed by atoms with Crippen LogP contribution in [-0.2, 0) is 6.54 Å². The standard InChI is InChI=1S/C13H22N4O2/c1-10(18)7-8-14-13(19)15-9-11-5-4-6-12(16-11)17(2)3/h4-6,10,18H,7-9H2,1-3H3,(H2,14,15,19). The lowest BCUT2D eigenvalue weighted by Gasteiger charge is -2.13. The lowest BCUT2D eigenvalue weighted by Crippen LogP contribution is -2.36. The van der Waals surface area contributed by atoms with Gasteiger partial charge in [0.15, 0.2) is 0 Å². The van der Waals surface area contributed by atoms with Crippen molar-refractivity contribution in [3.63, 3.8) is 0 Å². The molecule has 6 heteroatoms. The fourth-order valence-corrected chi connectivity index (χ4v) is 1.44. The highest BCUT2D eigenvalue weighted by Crippen LogP contribution is 2.07. The summed E-state index contributed by atoms with van der Waals surface area (Å²) in [5.41, 5.74) is 0.803. The number of hydrogen-bond acceptors (Lipinski definition) is 4. The Morgan fingerprint density at radius 2 is 2.16 bits per heavy atom. The van der Waals surface area contributed by atoms with Crippen LogP contribution in [0.1, 0.15) is 19.0 Å². The molecule has 0 saturated heterocycles. The Kier molecular flexibility index (Phi) is 6.08. The van der Waals surface area contributed by atoms with Crippen LogP contribution in [0.3, 0.4) is 0 Å². The van der Waals surface area contributed by atoms with E-state index in [2.05, 4.69) is 15.6 Å². The number of urea groups is 1. The second-order valence-corrected chi connectivity index (χ2v) is 4.63. The molecule has 0 radical (unpaired) electrons. The van der Waals surface area contributed by atoms with Crippen LogP contribution in [0.15, 0.2) is 18.2 Å². The van der Waals surface area contributed by atoms with E-state index >= 15 is 0 Å². The summed E-state index contributed by atoms with van der Waals surface area (Å²) in [6, 6.07) is 5.43. The molecular formula is C13H22N4O2. The number of anilines is 1. The van der Waals surface area contributed by atoms with E-state index in [1.165, 1.54) is 0 Å². The third-order valence-electron chi connectivity index (χ3n) is 2.53. The van der Waals surface area contributed by atoms with Gasteiger partial charge in [0.1, 0.15) is 5.82 Å². The van der Waals surface area contributed by atoms with E-state index in [1.807, 2.05) is 37.2 Å². The van der Waals surface area contributed by atoms with Crippen LogP contribution in [0.5, 0.6) is 0 Å². The highest BCUT2D eigenvalue weighted by atomic mass is 16.3. The fraction of sp³-hybridized carbons (Fsp3) is 0.538. The molecule has 0 aliphatic carbocycles. The molecule has 0 spiro atoms. The topological polar surface area (TPSA) is 77.5 Å². The molecule has 0 aliphatic rings. The van der Waals surface area contributed by atoms with Gasteiger partial charge in [0.05, 0.1) is 18.3 Å². The molecule has 1 rings (SSSR count). The van der Waals surface area contributed by atoms with Gasteiger partial charge in [-0.15, -0.1) is 0 Å². The highest BCUT2D eigenvalue weighted by molar-refractivity contribution is 5.73.